The fourth-order valence-electron chi connectivity index (χ4n) is 1.57. The molecule has 1 aromatic rings. The zero-order chi connectivity index (χ0) is 11.7. The number of nitrogens with zero attached hydrogens (tertiary/aromatic N) is 1. The van der Waals surface area contributed by atoms with Crippen LogP contribution in [0.3, 0.4) is 0 Å². The molecule has 0 bridgehead atoms. The van der Waals surface area contributed by atoms with Crippen molar-refractivity contribution < 1.29 is 13.5 Å². The SMILES string of the molecule is CC(C)C1COC(c2cc(F)cc(F)c2)=N1. The molecule has 0 spiro atoms. The van der Waals surface area contributed by atoms with E-state index in [1.165, 1.54) is 12.1 Å². The maximum absolute atomic E-state index is 13.0. The Kier molecular flexibility index (Phi) is 2.90. The predicted molar refractivity (Wildman–Crippen MR) is 57.5 cm³/mol. The van der Waals surface area contributed by atoms with E-state index in [9.17, 15) is 8.78 Å². The van der Waals surface area contributed by atoms with Crippen LogP contribution in [0.1, 0.15) is 19.4 Å². The van der Waals surface area contributed by atoms with Gasteiger partial charge in [-0.25, -0.2) is 13.8 Å². The summed E-state index contributed by atoms with van der Waals surface area (Å²) in [4.78, 5) is 4.30. The van der Waals surface area contributed by atoms with Crippen LogP contribution < -0.4 is 0 Å². The van der Waals surface area contributed by atoms with Gasteiger partial charge >= 0.3 is 0 Å². The van der Waals surface area contributed by atoms with Gasteiger partial charge in [0.15, 0.2) is 0 Å². The van der Waals surface area contributed by atoms with Crippen LogP contribution in [0, 0.1) is 17.6 Å². The Balaban J connectivity index is 2.28. The average molecular weight is 225 g/mol. The lowest BCUT2D eigenvalue weighted by Crippen LogP contribution is -2.13. The summed E-state index contributed by atoms with van der Waals surface area (Å²) in [5.74, 6) is -0.545. The zero-order valence-corrected chi connectivity index (χ0v) is 9.21. The molecule has 2 nitrogen and oxygen atoms in total. The van der Waals surface area contributed by atoms with Gasteiger partial charge in [-0.05, 0) is 18.1 Å². The van der Waals surface area contributed by atoms with E-state index in [0.717, 1.165) is 6.07 Å². The van der Waals surface area contributed by atoms with E-state index in [1.807, 2.05) is 13.8 Å². The molecule has 1 unspecified atom stereocenters. The Morgan fingerprint density at radius 1 is 1.25 bits per heavy atom. The number of benzene rings is 1. The topological polar surface area (TPSA) is 21.6 Å². The van der Waals surface area contributed by atoms with Crippen LogP contribution in [-0.2, 0) is 4.74 Å². The Morgan fingerprint density at radius 3 is 2.38 bits per heavy atom. The van der Waals surface area contributed by atoms with Crippen molar-refractivity contribution in [3.63, 3.8) is 0 Å². The Morgan fingerprint density at radius 2 is 1.88 bits per heavy atom. The summed E-state index contributed by atoms with van der Waals surface area (Å²) in [5, 5.41) is 0. The van der Waals surface area contributed by atoms with Crippen LogP contribution in [-0.4, -0.2) is 18.5 Å². The summed E-state index contributed by atoms with van der Waals surface area (Å²) < 4.78 is 31.3. The van der Waals surface area contributed by atoms with Crippen LogP contribution in [0.15, 0.2) is 23.2 Å². The molecule has 0 saturated carbocycles. The molecule has 0 amide bonds. The van der Waals surface area contributed by atoms with Crippen molar-refractivity contribution in [3.8, 4) is 0 Å². The third-order valence-corrected chi connectivity index (χ3v) is 2.55. The summed E-state index contributed by atoms with van der Waals surface area (Å²) in [7, 11) is 0. The zero-order valence-electron chi connectivity index (χ0n) is 9.21. The van der Waals surface area contributed by atoms with Gasteiger partial charge in [0.05, 0.1) is 6.04 Å². The minimum absolute atomic E-state index is 0.0707. The minimum Gasteiger partial charge on any atom is -0.475 e. The van der Waals surface area contributed by atoms with Crippen molar-refractivity contribution in [2.75, 3.05) is 6.61 Å². The molecule has 0 aliphatic carbocycles. The van der Waals surface area contributed by atoms with Crippen molar-refractivity contribution in [2.24, 2.45) is 10.9 Å². The van der Waals surface area contributed by atoms with Crippen molar-refractivity contribution >= 4 is 5.90 Å². The van der Waals surface area contributed by atoms with Gasteiger partial charge in [0.1, 0.15) is 18.2 Å². The molecule has 0 aromatic heterocycles. The third kappa shape index (κ3) is 2.21. The number of rotatable bonds is 2. The number of ether oxygens (including phenoxy) is 1. The first-order valence-corrected chi connectivity index (χ1v) is 5.23. The van der Waals surface area contributed by atoms with Crippen LogP contribution in [0.5, 0.6) is 0 Å². The summed E-state index contributed by atoms with van der Waals surface area (Å²) >= 11 is 0. The Hall–Kier alpha value is -1.45. The van der Waals surface area contributed by atoms with Gasteiger partial charge in [0.25, 0.3) is 0 Å². The van der Waals surface area contributed by atoms with Gasteiger partial charge < -0.3 is 4.74 Å². The van der Waals surface area contributed by atoms with Crippen molar-refractivity contribution in [3.05, 3.63) is 35.4 Å². The molecule has 1 aliphatic heterocycles. The molecule has 1 heterocycles. The average Bonchev–Trinajstić information content (AvgIpc) is 2.64. The molecule has 2 rings (SSSR count). The lowest BCUT2D eigenvalue weighted by atomic mass is 10.1. The molecule has 4 heteroatoms. The van der Waals surface area contributed by atoms with Crippen LogP contribution >= 0.6 is 0 Å². The monoisotopic (exact) mass is 225 g/mol. The van der Waals surface area contributed by atoms with Crippen molar-refractivity contribution in [1.29, 1.82) is 0 Å². The van der Waals surface area contributed by atoms with E-state index < -0.39 is 11.6 Å². The third-order valence-electron chi connectivity index (χ3n) is 2.55. The van der Waals surface area contributed by atoms with Gasteiger partial charge in [0, 0.05) is 11.6 Å². The predicted octanol–water partition coefficient (Wildman–Crippen LogP) is 2.77. The van der Waals surface area contributed by atoms with Gasteiger partial charge in [-0.15, -0.1) is 0 Å². The second-order valence-corrected chi connectivity index (χ2v) is 4.21. The summed E-state index contributed by atoms with van der Waals surface area (Å²) in [6, 6.07) is 3.36. The highest BCUT2D eigenvalue weighted by molar-refractivity contribution is 5.95. The van der Waals surface area contributed by atoms with E-state index in [1.54, 1.807) is 0 Å². The maximum Gasteiger partial charge on any atom is 0.216 e. The van der Waals surface area contributed by atoms with Gasteiger partial charge in [-0.3, -0.25) is 0 Å². The molecular weight excluding hydrogens is 212 g/mol. The van der Waals surface area contributed by atoms with Crippen LogP contribution in [0.2, 0.25) is 0 Å². The van der Waals surface area contributed by atoms with Crippen molar-refractivity contribution in [2.45, 2.75) is 19.9 Å². The molecule has 1 aliphatic rings. The lowest BCUT2D eigenvalue weighted by Gasteiger charge is -2.06. The molecule has 16 heavy (non-hydrogen) atoms. The fourth-order valence-corrected chi connectivity index (χ4v) is 1.57. The van der Waals surface area contributed by atoms with Gasteiger partial charge in [-0.1, -0.05) is 13.8 Å². The summed E-state index contributed by atoms with van der Waals surface area (Å²) in [6.45, 7) is 4.55. The van der Waals surface area contributed by atoms with Crippen LogP contribution in [0.25, 0.3) is 0 Å². The van der Waals surface area contributed by atoms with Crippen LogP contribution in [0.4, 0.5) is 8.78 Å². The van der Waals surface area contributed by atoms with E-state index in [-0.39, 0.29) is 6.04 Å². The smallest absolute Gasteiger partial charge is 0.216 e. The van der Waals surface area contributed by atoms with E-state index in [4.69, 9.17) is 4.74 Å². The lowest BCUT2D eigenvalue weighted by molar-refractivity contribution is 0.291. The molecule has 0 N–H and O–H groups in total. The largest absolute Gasteiger partial charge is 0.475 e. The number of aliphatic imine (C=N–C) groups is 1. The van der Waals surface area contributed by atoms with Gasteiger partial charge in [0.2, 0.25) is 5.90 Å². The Bertz CT molecular complexity index is 409. The highest BCUT2D eigenvalue weighted by Gasteiger charge is 2.23. The number of hydrogen-bond acceptors (Lipinski definition) is 2. The maximum atomic E-state index is 13.0. The molecule has 0 radical (unpaired) electrons. The highest BCUT2D eigenvalue weighted by Crippen LogP contribution is 2.18. The molecule has 86 valence electrons. The molecule has 0 fully saturated rings. The first-order valence-electron chi connectivity index (χ1n) is 5.23. The normalized spacial score (nSPS) is 19.8. The summed E-state index contributed by atoms with van der Waals surface area (Å²) in [5.41, 5.74) is 0.362. The molecule has 0 saturated heterocycles. The standard InChI is InChI=1S/C12H13F2NO/c1-7(2)11-6-16-12(15-11)8-3-9(13)5-10(14)4-8/h3-5,7,11H,6H2,1-2H3. The molecular formula is C12H13F2NO. The first kappa shape index (κ1) is 11.0. The minimum atomic E-state index is -0.616. The first-order chi connectivity index (χ1) is 7.56. The quantitative estimate of drug-likeness (QED) is 0.758. The van der Waals surface area contributed by atoms with E-state index >= 15 is 0 Å². The molecule has 1 aromatic carbocycles. The number of halogens is 2. The Labute approximate surface area is 93.0 Å². The molecule has 1 atom stereocenters. The highest BCUT2D eigenvalue weighted by atomic mass is 19.1. The van der Waals surface area contributed by atoms with Crippen molar-refractivity contribution in [1.82, 2.24) is 0 Å². The second kappa shape index (κ2) is 4.20. The van der Waals surface area contributed by atoms with E-state index in [2.05, 4.69) is 4.99 Å². The fraction of sp³-hybridized carbons (Fsp3) is 0.417. The van der Waals surface area contributed by atoms with E-state index in [0.29, 0.717) is 24.0 Å². The second-order valence-electron chi connectivity index (χ2n) is 4.21. The summed E-state index contributed by atoms with van der Waals surface area (Å²) in [6.07, 6.45) is 0. The number of hydrogen-bond donors (Lipinski definition) is 0. The van der Waals surface area contributed by atoms with Gasteiger partial charge in [-0.2, -0.15) is 0 Å².